The second-order valence-electron chi connectivity index (χ2n) is 9.16. The van der Waals surface area contributed by atoms with E-state index in [1.165, 1.54) is 22.0 Å². The van der Waals surface area contributed by atoms with Crippen LogP contribution in [0.1, 0.15) is 21.2 Å². The van der Waals surface area contributed by atoms with E-state index in [0.29, 0.717) is 15.6 Å². The largest absolute Gasteiger partial charge is 0.416 e. The van der Waals surface area contributed by atoms with E-state index in [1.807, 2.05) is 5.38 Å². The van der Waals surface area contributed by atoms with Crippen molar-refractivity contribution >= 4 is 63.5 Å². The number of hydrogen-bond acceptors (Lipinski definition) is 7. The SMILES string of the molecule is O=C(Cn1c2c(sc1=O)[C@H](c1cccs1)C1C(=O)N(c3cccc(C(F)(F)F)c3)C(=O)C1S2)Nc1ccccc1. The van der Waals surface area contributed by atoms with Crippen molar-refractivity contribution in [3.8, 4) is 0 Å². The van der Waals surface area contributed by atoms with Crippen LogP contribution in [0.2, 0.25) is 0 Å². The average molecular weight is 602 g/mol. The minimum absolute atomic E-state index is 0.160. The van der Waals surface area contributed by atoms with Crippen LogP contribution in [0.4, 0.5) is 24.5 Å². The molecule has 2 aliphatic heterocycles. The molecule has 0 aliphatic carbocycles. The summed E-state index contributed by atoms with van der Waals surface area (Å²) in [5.74, 6) is -3.32. The summed E-state index contributed by atoms with van der Waals surface area (Å²) in [4.78, 5) is 55.1. The number of aromatic nitrogens is 1. The number of anilines is 2. The standard InChI is InChI=1S/C27H18F3N3O4S3/c28-27(29,30)14-6-4-9-16(12-14)33-23(35)20-19(17-10-5-11-38-17)22-25(39-21(20)24(33)36)32(26(37)40-22)13-18(34)31-15-7-2-1-3-8-15/h1-12,19-21H,13H2,(H,31,34)/t19-,20?,21?/m1/s1. The van der Waals surface area contributed by atoms with E-state index in [9.17, 15) is 32.3 Å². The Kier molecular flexibility index (Phi) is 6.67. The minimum atomic E-state index is -4.65. The minimum Gasteiger partial charge on any atom is -0.325 e. The van der Waals surface area contributed by atoms with Gasteiger partial charge in [-0.05, 0) is 41.8 Å². The summed E-state index contributed by atoms with van der Waals surface area (Å²) in [7, 11) is 0. The summed E-state index contributed by atoms with van der Waals surface area (Å²) in [5.41, 5.74) is -0.574. The molecule has 0 saturated carbocycles. The van der Waals surface area contributed by atoms with Gasteiger partial charge in [-0.15, -0.1) is 11.3 Å². The number of nitrogens with zero attached hydrogens (tertiary/aromatic N) is 2. The molecule has 2 aromatic heterocycles. The molecule has 2 unspecified atom stereocenters. The topological polar surface area (TPSA) is 88.5 Å². The fourth-order valence-electron chi connectivity index (χ4n) is 4.97. The third-order valence-electron chi connectivity index (χ3n) is 6.69. The molecular weight excluding hydrogens is 584 g/mol. The van der Waals surface area contributed by atoms with Gasteiger partial charge in [-0.1, -0.05) is 53.4 Å². The maximum Gasteiger partial charge on any atom is 0.416 e. The van der Waals surface area contributed by atoms with Gasteiger partial charge >= 0.3 is 11.0 Å². The molecule has 0 bridgehead atoms. The summed E-state index contributed by atoms with van der Waals surface area (Å²) in [6.45, 7) is -0.305. The van der Waals surface area contributed by atoms with Crippen molar-refractivity contribution in [3.05, 3.63) is 97.1 Å². The number of amides is 3. The number of thiazole rings is 1. The van der Waals surface area contributed by atoms with Crippen molar-refractivity contribution in [1.82, 2.24) is 4.57 Å². The molecule has 1 N–H and O–H groups in total. The Morgan fingerprint density at radius 3 is 2.42 bits per heavy atom. The highest BCUT2D eigenvalue weighted by Gasteiger charge is 2.57. The van der Waals surface area contributed by atoms with E-state index in [2.05, 4.69) is 5.32 Å². The molecule has 204 valence electrons. The zero-order valence-electron chi connectivity index (χ0n) is 20.3. The Bertz CT molecular complexity index is 1680. The van der Waals surface area contributed by atoms with E-state index >= 15 is 0 Å². The highest BCUT2D eigenvalue weighted by atomic mass is 32.2. The van der Waals surface area contributed by atoms with Gasteiger partial charge < -0.3 is 5.32 Å². The van der Waals surface area contributed by atoms with Crippen molar-refractivity contribution in [2.75, 3.05) is 10.2 Å². The van der Waals surface area contributed by atoms with Crippen LogP contribution in [-0.4, -0.2) is 27.5 Å². The lowest BCUT2D eigenvalue weighted by atomic mass is 9.87. The lowest BCUT2D eigenvalue weighted by Gasteiger charge is -2.29. The van der Waals surface area contributed by atoms with Crippen LogP contribution in [-0.2, 0) is 27.1 Å². The van der Waals surface area contributed by atoms with Gasteiger partial charge in [-0.3, -0.25) is 23.7 Å². The van der Waals surface area contributed by atoms with Gasteiger partial charge in [0.2, 0.25) is 17.7 Å². The van der Waals surface area contributed by atoms with E-state index in [1.54, 1.807) is 42.5 Å². The molecule has 0 radical (unpaired) electrons. The molecule has 6 rings (SSSR count). The van der Waals surface area contributed by atoms with Gasteiger partial charge in [0.05, 0.1) is 22.2 Å². The number of rotatable bonds is 5. The summed E-state index contributed by atoms with van der Waals surface area (Å²) in [5, 5.41) is 3.97. The second kappa shape index (κ2) is 10.1. The van der Waals surface area contributed by atoms with Crippen molar-refractivity contribution in [2.24, 2.45) is 5.92 Å². The lowest BCUT2D eigenvalue weighted by molar-refractivity contribution is -0.137. The number of thioether (sulfide) groups is 1. The Hall–Kier alpha value is -3.68. The monoisotopic (exact) mass is 601 g/mol. The van der Waals surface area contributed by atoms with Crippen LogP contribution in [0, 0.1) is 5.92 Å². The van der Waals surface area contributed by atoms with Crippen molar-refractivity contribution in [2.45, 2.75) is 28.9 Å². The molecule has 0 spiro atoms. The van der Waals surface area contributed by atoms with Crippen LogP contribution in [0.25, 0.3) is 0 Å². The number of benzene rings is 2. The molecule has 1 fully saturated rings. The third kappa shape index (κ3) is 4.57. The first-order chi connectivity index (χ1) is 19.1. The van der Waals surface area contributed by atoms with Crippen LogP contribution >= 0.6 is 34.4 Å². The summed E-state index contributed by atoms with van der Waals surface area (Å²) >= 11 is 3.27. The van der Waals surface area contributed by atoms with Crippen LogP contribution in [0.5, 0.6) is 0 Å². The molecule has 3 atom stereocenters. The van der Waals surface area contributed by atoms with Gasteiger partial charge in [0.1, 0.15) is 11.8 Å². The molecule has 3 amide bonds. The second-order valence-corrected chi connectivity index (χ2v) is 12.3. The van der Waals surface area contributed by atoms with Gasteiger partial charge in [0.25, 0.3) is 0 Å². The lowest BCUT2D eigenvalue weighted by Crippen LogP contribution is -2.32. The molecule has 13 heteroatoms. The molecule has 7 nitrogen and oxygen atoms in total. The number of alkyl halides is 3. The molecule has 1 saturated heterocycles. The number of imide groups is 1. The van der Waals surface area contributed by atoms with Crippen molar-refractivity contribution in [1.29, 1.82) is 0 Å². The van der Waals surface area contributed by atoms with Crippen LogP contribution in [0.15, 0.2) is 81.9 Å². The van der Waals surface area contributed by atoms with Crippen molar-refractivity contribution < 1.29 is 27.6 Å². The van der Waals surface area contributed by atoms with Gasteiger partial charge in [-0.2, -0.15) is 13.2 Å². The number of thiophene rings is 1. The highest BCUT2D eigenvalue weighted by molar-refractivity contribution is 8.00. The molecule has 4 heterocycles. The van der Waals surface area contributed by atoms with Crippen LogP contribution in [0.3, 0.4) is 0 Å². The maximum atomic E-state index is 13.8. The zero-order chi connectivity index (χ0) is 28.2. The Labute approximate surface area is 237 Å². The zero-order valence-corrected chi connectivity index (χ0v) is 22.7. The number of para-hydroxylation sites is 1. The smallest absolute Gasteiger partial charge is 0.325 e. The van der Waals surface area contributed by atoms with E-state index in [0.717, 1.165) is 51.1 Å². The third-order valence-corrected chi connectivity index (χ3v) is 10.2. The first-order valence-electron chi connectivity index (χ1n) is 12.0. The predicted molar refractivity (Wildman–Crippen MR) is 147 cm³/mol. The van der Waals surface area contributed by atoms with Crippen LogP contribution < -0.4 is 15.1 Å². The van der Waals surface area contributed by atoms with E-state index in [-0.39, 0.29) is 12.2 Å². The predicted octanol–water partition coefficient (Wildman–Crippen LogP) is 5.42. The maximum absolute atomic E-state index is 13.8. The molecule has 2 aliphatic rings. The Morgan fingerprint density at radius 2 is 1.73 bits per heavy atom. The Balaban J connectivity index is 1.39. The number of hydrogen-bond donors (Lipinski definition) is 1. The number of halogens is 3. The first-order valence-corrected chi connectivity index (χ1v) is 14.5. The number of nitrogens with one attached hydrogen (secondary N) is 1. The van der Waals surface area contributed by atoms with Gasteiger partial charge in [-0.25, -0.2) is 4.90 Å². The highest BCUT2D eigenvalue weighted by Crippen LogP contribution is 2.54. The Morgan fingerprint density at radius 1 is 0.950 bits per heavy atom. The fraction of sp³-hybridized carbons (Fsp3) is 0.185. The summed E-state index contributed by atoms with van der Waals surface area (Å²) in [6.07, 6.45) is -4.65. The molecular formula is C27H18F3N3O4S3. The summed E-state index contributed by atoms with van der Waals surface area (Å²) < 4.78 is 41.5. The number of carbonyl (C=O) groups is 3. The van der Waals surface area contributed by atoms with E-state index in [4.69, 9.17) is 0 Å². The summed E-state index contributed by atoms with van der Waals surface area (Å²) in [6, 6.07) is 16.4. The first kappa shape index (κ1) is 26.5. The molecule has 2 aromatic carbocycles. The molecule has 40 heavy (non-hydrogen) atoms. The van der Waals surface area contributed by atoms with E-state index < -0.39 is 51.4 Å². The number of carbonyl (C=O) groups excluding carboxylic acids is 3. The average Bonchev–Trinajstić information content (AvgIpc) is 3.62. The molecule has 4 aromatic rings. The van der Waals surface area contributed by atoms with Crippen molar-refractivity contribution in [3.63, 3.8) is 0 Å². The fourth-order valence-corrected chi connectivity index (χ4v) is 8.69. The van der Waals surface area contributed by atoms with Gasteiger partial charge in [0, 0.05) is 21.4 Å². The number of fused-ring (bicyclic) bond motifs is 2. The van der Waals surface area contributed by atoms with Gasteiger partial charge in [0.15, 0.2) is 0 Å². The quantitative estimate of drug-likeness (QED) is 0.309. The normalized spacial score (nSPS) is 20.4.